The average Bonchev–Trinajstić information content (AvgIpc) is 2.50. The van der Waals surface area contributed by atoms with Gasteiger partial charge in [-0.25, -0.2) is 4.98 Å². The minimum Gasteiger partial charge on any atom is -0.437 e. The third-order valence-electron chi connectivity index (χ3n) is 3.33. The van der Waals surface area contributed by atoms with Crippen molar-refractivity contribution < 1.29 is 4.74 Å². The van der Waals surface area contributed by atoms with E-state index in [1.807, 2.05) is 24.3 Å². The average molecular weight is 393 g/mol. The Morgan fingerprint density at radius 3 is 2.17 bits per heavy atom. The van der Waals surface area contributed by atoms with Crippen LogP contribution in [0.2, 0.25) is 0 Å². The van der Waals surface area contributed by atoms with E-state index >= 15 is 0 Å². The fraction of sp³-hybridized carbons (Fsp3) is 0.444. The number of nitrogen functional groups attached to an aromatic ring is 1. The summed E-state index contributed by atoms with van der Waals surface area (Å²) in [4.78, 5) is 10.8. The van der Waals surface area contributed by atoms with Gasteiger partial charge < -0.3 is 15.4 Å². The molecule has 0 spiro atoms. The van der Waals surface area contributed by atoms with E-state index < -0.39 is 0 Å². The Balaban J connectivity index is 2.28. The lowest BCUT2D eigenvalue weighted by Gasteiger charge is -2.28. The Kier molecular flexibility index (Phi) is 6.43. The maximum absolute atomic E-state index is 6.31. The fourth-order valence-corrected chi connectivity index (χ4v) is 2.71. The lowest BCUT2D eigenvalue weighted by Crippen LogP contribution is -2.32. The molecule has 0 aliphatic heterocycles. The van der Waals surface area contributed by atoms with Crippen molar-refractivity contribution in [3.05, 3.63) is 35.1 Å². The number of aromatic nitrogens is 2. The van der Waals surface area contributed by atoms with E-state index in [9.17, 15) is 0 Å². The maximum atomic E-state index is 6.31. The van der Waals surface area contributed by atoms with Crippen LogP contribution in [0.15, 0.2) is 35.1 Å². The largest absolute Gasteiger partial charge is 0.437 e. The summed E-state index contributed by atoms with van der Waals surface area (Å²) in [5.74, 6) is 2.83. The second kappa shape index (κ2) is 8.33. The topological polar surface area (TPSA) is 64.3 Å². The number of anilines is 2. The van der Waals surface area contributed by atoms with E-state index in [1.165, 1.54) is 6.33 Å². The zero-order chi connectivity index (χ0) is 17.7. The fourth-order valence-electron chi connectivity index (χ4n) is 2.45. The zero-order valence-corrected chi connectivity index (χ0v) is 16.2. The molecule has 0 aliphatic rings. The molecule has 2 N–H and O–H groups in total. The van der Waals surface area contributed by atoms with Crippen LogP contribution in [0.25, 0.3) is 0 Å². The Hall–Kier alpha value is -1.82. The van der Waals surface area contributed by atoms with Gasteiger partial charge in [0, 0.05) is 17.6 Å². The van der Waals surface area contributed by atoms with Crippen LogP contribution in [0, 0.1) is 11.8 Å². The molecule has 2 aromatic rings. The number of benzene rings is 1. The predicted molar refractivity (Wildman–Crippen MR) is 103 cm³/mol. The van der Waals surface area contributed by atoms with Crippen molar-refractivity contribution in [2.75, 3.05) is 23.7 Å². The van der Waals surface area contributed by atoms with Gasteiger partial charge in [-0.15, -0.1) is 0 Å². The first kappa shape index (κ1) is 18.5. The van der Waals surface area contributed by atoms with Gasteiger partial charge in [-0.05, 0) is 36.1 Å². The van der Waals surface area contributed by atoms with Crippen molar-refractivity contribution in [1.29, 1.82) is 0 Å². The standard InChI is InChI=1S/C18H25BrN4O/c1-12(2)9-23(10-13(3)4)17-16(20)18(22-11-21-17)24-15-7-5-14(19)6-8-15/h5-8,11-13H,9-10,20H2,1-4H3. The maximum Gasteiger partial charge on any atom is 0.248 e. The van der Waals surface area contributed by atoms with Gasteiger partial charge in [-0.1, -0.05) is 43.6 Å². The first-order valence-electron chi connectivity index (χ1n) is 8.15. The SMILES string of the molecule is CC(C)CN(CC(C)C)c1ncnc(Oc2ccc(Br)cc2)c1N. The molecule has 6 heteroatoms. The number of nitrogens with two attached hydrogens (primary N) is 1. The van der Waals surface area contributed by atoms with E-state index in [1.54, 1.807) is 0 Å². The molecule has 5 nitrogen and oxygen atoms in total. The van der Waals surface area contributed by atoms with Gasteiger partial charge in [-0.3, -0.25) is 0 Å². The number of nitrogens with zero attached hydrogens (tertiary/aromatic N) is 3. The van der Waals surface area contributed by atoms with E-state index in [0.717, 1.165) is 23.4 Å². The van der Waals surface area contributed by atoms with Crippen LogP contribution >= 0.6 is 15.9 Å². The van der Waals surface area contributed by atoms with Crippen LogP contribution < -0.4 is 15.4 Å². The summed E-state index contributed by atoms with van der Waals surface area (Å²) in [5, 5.41) is 0. The number of hydrogen-bond donors (Lipinski definition) is 1. The highest BCUT2D eigenvalue weighted by Crippen LogP contribution is 2.32. The lowest BCUT2D eigenvalue weighted by molar-refractivity contribution is 0.463. The zero-order valence-electron chi connectivity index (χ0n) is 14.7. The normalized spacial score (nSPS) is 11.1. The molecule has 1 aromatic carbocycles. The second-order valence-electron chi connectivity index (χ2n) is 6.66. The Labute approximate surface area is 152 Å². The van der Waals surface area contributed by atoms with Gasteiger partial charge in [0.05, 0.1) is 0 Å². The monoisotopic (exact) mass is 392 g/mol. The molecule has 2 rings (SSSR count). The molecular weight excluding hydrogens is 368 g/mol. The molecule has 0 saturated carbocycles. The molecule has 0 amide bonds. The predicted octanol–water partition coefficient (Wildman–Crippen LogP) is 4.73. The molecule has 0 bridgehead atoms. The number of rotatable bonds is 7. The number of halogens is 1. The quantitative estimate of drug-likeness (QED) is 0.737. The first-order chi connectivity index (χ1) is 11.4. The van der Waals surface area contributed by atoms with Crippen molar-refractivity contribution in [1.82, 2.24) is 9.97 Å². The van der Waals surface area contributed by atoms with E-state index in [4.69, 9.17) is 10.5 Å². The van der Waals surface area contributed by atoms with Gasteiger partial charge in [-0.2, -0.15) is 4.98 Å². The molecule has 0 fully saturated rings. The molecule has 0 saturated heterocycles. The summed E-state index contributed by atoms with van der Waals surface area (Å²) < 4.78 is 6.83. The van der Waals surface area contributed by atoms with Gasteiger partial charge in [0.1, 0.15) is 17.8 Å². The Morgan fingerprint density at radius 1 is 1.04 bits per heavy atom. The Bertz CT molecular complexity index is 649. The van der Waals surface area contributed by atoms with Crippen LogP contribution in [0.1, 0.15) is 27.7 Å². The van der Waals surface area contributed by atoms with Crippen molar-refractivity contribution in [3.8, 4) is 11.6 Å². The van der Waals surface area contributed by atoms with Crippen molar-refractivity contribution in [3.63, 3.8) is 0 Å². The number of hydrogen-bond acceptors (Lipinski definition) is 5. The minimum absolute atomic E-state index is 0.389. The van der Waals surface area contributed by atoms with E-state index in [0.29, 0.717) is 29.2 Å². The van der Waals surface area contributed by atoms with Crippen LogP contribution in [-0.4, -0.2) is 23.1 Å². The summed E-state index contributed by atoms with van der Waals surface area (Å²) in [6.45, 7) is 10.5. The highest BCUT2D eigenvalue weighted by Gasteiger charge is 2.18. The summed E-state index contributed by atoms with van der Waals surface area (Å²) in [7, 11) is 0. The molecule has 0 unspecified atom stereocenters. The van der Waals surface area contributed by atoms with Crippen molar-refractivity contribution >= 4 is 27.4 Å². The van der Waals surface area contributed by atoms with Crippen LogP contribution in [-0.2, 0) is 0 Å². The molecule has 0 radical (unpaired) electrons. The Morgan fingerprint density at radius 2 is 1.62 bits per heavy atom. The number of ether oxygens (including phenoxy) is 1. The molecule has 0 aliphatic carbocycles. The summed E-state index contributed by atoms with van der Waals surface area (Å²) in [6, 6.07) is 7.56. The molecule has 0 atom stereocenters. The first-order valence-corrected chi connectivity index (χ1v) is 8.95. The van der Waals surface area contributed by atoms with E-state index in [2.05, 4.69) is 58.5 Å². The van der Waals surface area contributed by atoms with E-state index in [-0.39, 0.29) is 0 Å². The molecule has 130 valence electrons. The summed E-state index contributed by atoms with van der Waals surface area (Å²) in [5.41, 5.74) is 6.79. The smallest absolute Gasteiger partial charge is 0.248 e. The lowest BCUT2D eigenvalue weighted by atomic mass is 10.1. The summed E-state index contributed by atoms with van der Waals surface area (Å²) in [6.07, 6.45) is 1.51. The van der Waals surface area contributed by atoms with Crippen molar-refractivity contribution in [2.24, 2.45) is 11.8 Å². The molecular formula is C18H25BrN4O. The molecule has 24 heavy (non-hydrogen) atoms. The molecule has 1 aromatic heterocycles. The third kappa shape index (κ3) is 5.09. The highest BCUT2D eigenvalue weighted by atomic mass is 79.9. The van der Waals surface area contributed by atoms with Crippen molar-refractivity contribution in [2.45, 2.75) is 27.7 Å². The molecule has 1 heterocycles. The van der Waals surface area contributed by atoms with Crippen LogP contribution in [0.3, 0.4) is 0 Å². The minimum atomic E-state index is 0.389. The van der Waals surface area contributed by atoms with Crippen LogP contribution in [0.5, 0.6) is 11.6 Å². The summed E-state index contributed by atoms with van der Waals surface area (Å²) >= 11 is 3.41. The van der Waals surface area contributed by atoms with Gasteiger partial charge in [0.15, 0.2) is 5.82 Å². The third-order valence-corrected chi connectivity index (χ3v) is 3.85. The second-order valence-corrected chi connectivity index (χ2v) is 7.58. The van der Waals surface area contributed by atoms with Gasteiger partial charge >= 0.3 is 0 Å². The van der Waals surface area contributed by atoms with Gasteiger partial charge in [0.25, 0.3) is 0 Å². The van der Waals surface area contributed by atoms with Crippen LogP contribution in [0.4, 0.5) is 11.5 Å². The highest BCUT2D eigenvalue weighted by molar-refractivity contribution is 9.10. The van der Waals surface area contributed by atoms with Gasteiger partial charge in [0.2, 0.25) is 5.88 Å².